The molecule has 3 aromatic heterocycles. The van der Waals surface area contributed by atoms with Crippen LogP contribution in [0.25, 0.3) is 16.3 Å². The number of anilines is 1. The maximum Gasteiger partial charge on any atom is 0.291 e. The highest BCUT2D eigenvalue weighted by molar-refractivity contribution is 7.89. The highest BCUT2D eigenvalue weighted by Crippen LogP contribution is 2.37. The summed E-state index contributed by atoms with van der Waals surface area (Å²) in [4.78, 5) is 6.66. The lowest BCUT2D eigenvalue weighted by molar-refractivity contribution is 0.150. The molecule has 2 N–H and O–H groups in total. The average Bonchev–Trinajstić information content (AvgIpc) is 3.19. The van der Waals surface area contributed by atoms with Crippen molar-refractivity contribution in [2.75, 3.05) is 24.5 Å². The van der Waals surface area contributed by atoms with E-state index in [-0.39, 0.29) is 21.8 Å². The Hall–Kier alpha value is -2.22. The summed E-state index contributed by atoms with van der Waals surface area (Å²) in [6, 6.07) is 1.96. The number of fused-ring (bicyclic) bond motifs is 1. The van der Waals surface area contributed by atoms with E-state index in [4.69, 9.17) is 0 Å². The Labute approximate surface area is 194 Å². The summed E-state index contributed by atoms with van der Waals surface area (Å²) in [6.45, 7) is 6.17. The topological polar surface area (TPSA) is 105 Å². The fourth-order valence-corrected chi connectivity index (χ4v) is 6.19. The van der Waals surface area contributed by atoms with Gasteiger partial charge in [-0.25, -0.2) is 26.9 Å². The van der Waals surface area contributed by atoms with E-state index in [1.54, 1.807) is 16.7 Å². The van der Waals surface area contributed by atoms with Gasteiger partial charge in [0.15, 0.2) is 15.8 Å². The van der Waals surface area contributed by atoms with E-state index in [0.717, 1.165) is 49.4 Å². The van der Waals surface area contributed by atoms with E-state index in [2.05, 4.69) is 37.0 Å². The van der Waals surface area contributed by atoms with Crippen LogP contribution < -0.4 is 14.9 Å². The van der Waals surface area contributed by atoms with E-state index in [1.807, 2.05) is 6.92 Å². The zero-order valence-electron chi connectivity index (χ0n) is 18.3. The molecule has 4 heterocycles. The number of nitrogens with one attached hydrogen (secondary N) is 2. The molecular weight excluding hydrogens is 472 g/mol. The van der Waals surface area contributed by atoms with Gasteiger partial charge in [0.2, 0.25) is 10.0 Å². The Kier molecular flexibility index (Phi) is 5.62. The number of halogens is 2. The van der Waals surface area contributed by atoms with E-state index in [9.17, 15) is 17.2 Å². The molecular formula is C20H25F2N7O2S2. The Morgan fingerprint density at radius 1 is 1.36 bits per heavy atom. The molecule has 0 radical (unpaired) electrons. The number of aromatic nitrogens is 4. The van der Waals surface area contributed by atoms with Gasteiger partial charge in [0.25, 0.3) is 6.43 Å². The van der Waals surface area contributed by atoms with Gasteiger partial charge >= 0.3 is 0 Å². The standard InChI is InChI=1S/C20H25F2N7O2S2/c1-3-12-10-28(7-6-23-12)14-8-13(33(30,31)27-20(2)4-5-20)11-29-15(14)9-24-17(29)19-26-25-18(32-19)16(21)22/h8-9,11-12,16,23,27H,3-7,10H2,1-2H3/t12-/m0/s1. The molecule has 1 saturated carbocycles. The molecule has 1 aliphatic heterocycles. The highest BCUT2D eigenvalue weighted by atomic mass is 32.2. The summed E-state index contributed by atoms with van der Waals surface area (Å²) >= 11 is 0.748. The average molecular weight is 498 g/mol. The third kappa shape index (κ3) is 4.34. The first-order valence-corrected chi connectivity index (χ1v) is 13.1. The zero-order chi connectivity index (χ0) is 23.4. The molecule has 0 amide bonds. The monoisotopic (exact) mass is 497 g/mol. The molecule has 5 rings (SSSR count). The van der Waals surface area contributed by atoms with Crippen molar-refractivity contribution in [1.29, 1.82) is 0 Å². The summed E-state index contributed by atoms with van der Waals surface area (Å²) in [5, 5.41) is 10.7. The SMILES string of the molecule is CC[C@H]1CN(c2cc(S(=O)(=O)NC3(C)CC3)cn3c(-c4nnc(C(F)F)s4)ncc23)CCN1. The van der Waals surface area contributed by atoms with Gasteiger partial charge in [0.1, 0.15) is 4.90 Å². The number of imidazole rings is 1. The predicted molar refractivity (Wildman–Crippen MR) is 121 cm³/mol. The molecule has 0 spiro atoms. The number of pyridine rings is 1. The van der Waals surface area contributed by atoms with E-state index in [1.165, 1.54) is 6.20 Å². The van der Waals surface area contributed by atoms with Crippen LogP contribution in [0.2, 0.25) is 0 Å². The minimum Gasteiger partial charge on any atom is -0.367 e. The van der Waals surface area contributed by atoms with Crippen LogP contribution in [-0.2, 0) is 10.0 Å². The number of nitrogens with zero attached hydrogens (tertiary/aromatic N) is 5. The van der Waals surface area contributed by atoms with Crippen molar-refractivity contribution in [2.45, 2.75) is 56.0 Å². The van der Waals surface area contributed by atoms with Crippen LogP contribution in [0.4, 0.5) is 14.5 Å². The Morgan fingerprint density at radius 2 is 2.15 bits per heavy atom. The molecule has 0 unspecified atom stereocenters. The molecule has 1 saturated heterocycles. The molecule has 1 atom stereocenters. The fraction of sp³-hybridized carbons (Fsp3) is 0.550. The first-order chi connectivity index (χ1) is 15.7. The van der Waals surface area contributed by atoms with Crippen molar-refractivity contribution in [1.82, 2.24) is 29.6 Å². The maximum atomic E-state index is 13.2. The fourth-order valence-electron chi connectivity index (χ4n) is 4.02. The molecule has 13 heteroatoms. The number of hydrogen-bond acceptors (Lipinski definition) is 8. The minimum absolute atomic E-state index is 0.0996. The van der Waals surface area contributed by atoms with Crippen molar-refractivity contribution in [3.05, 3.63) is 23.5 Å². The van der Waals surface area contributed by atoms with Gasteiger partial charge in [0, 0.05) is 37.4 Å². The first kappa shape index (κ1) is 22.6. The van der Waals surface area contributed by atoms with Crippen LogP contribution in [-0.4, -0.2) is 59.2 Å². The second-order valence-corrected chi connectivity index (χ2v) is 11.5. The number of hydrogen-bond donors (Lipinski definition) is 2. The Morgan fingerprint density at radius 3 is 2.82 bits per heavy atom. The van der Waals surface area contributed by atoms with Crippen LogP contribution in [0, 0.1) is 0 Å². The third-order valence-electron chi connectivity index (χ3n) is 6.19. The second kappa shape index (κ2) is 8.22. The number of rotatable bonds is 7. The number of alkyl halides is 2. The van der Waals surface area contributed by atoms with Gasteiger partial charge in [-0.2, -0.15) is 0 Å². The first-order valence-electron chi connectivity index (χ1n) is 10.8. The molecule has 3 aromatic rings. The van der Waals surface area contributed by atoms with E-state index < -0.39 is 27.0 Å². The van der Waals surface area contributed by atoms with Crippen LogP contribution in [0.5, 0.6) is 0 Å². The summed E-state index contributed by atoms with van der Waals surface area (Å²) in [5.41, 5.74) is 0.989. The Bertz CT molecular complexity index is 1290. The molecule has 9 nitrogen and oxygen atoms in total. The molecule has 178 valence electrons. The van der Waals surface area contributed by atoms with Crippen LogP contribution >= 0.6 is 11.3 Å². The highest BCUT2D eigenvalue weighted by Gasteiger charge is 2.41. The lowest BCUT2D eigenvalue weighted by Crippen LogP contribution is -2.50. The van der Waals surface area contributed by atoms with Gasteiger partial charge in [-0.05, 0) is 32.3 Å². The van der Waals surface area contributed by atoms with Gasteiger partial charge in [-0.15, -0.1) is 10.2 Å². The Balaban J connectivity index is 1.65. The van der Waals surface area contributed by atoms with Gasteiger partial charge < -0.3 is 10.2 Å². The van der Waals surface area contributed by atoms with Crippen LogP contribution in [0.15, 0.2) is 23.4 Å². The van der Waals surface area contributed by atoms with E-state index >= 15 is 0 Å². The summed E-state index contributed by atoms with van der Waals surface area (Å²) < 4.78 is 57.1. The summed E-state index contributed by atoms with van der Waals surface area (Å²) in [7, 11) is -3.81. The van der Waals surface area contributed by atoms with Crippen molar-refractivity contribution in [2.24, 2.45) is 0 Å². The largest absolute Gasteiger partial charge is 0.367 e. The lowest BCUT2D eigenvalue weighted by Gasteiger charge is -2.35. The van der Waals surface area contributed by atoms with Crippen LogP contribution in [0.1, 0.15) is 44.5 Å². The quantitative estimate of drug-likeness (QED) is 0.517. The van der Waals surface area contributed by atoms with E-state index in [0.29, 0.717) is 12.1 Å². The summed E-state index contributed by atoms with van der Waals surface area (Å²) in [5.74, 6) is 0.285. The minimum atomic E-state index is -3.81. The van der Waals surface area contributed by atoms with Crippen molar-refractivity contribution < 1.29 is 17.2 Å². The smallest absolute Gasteiger partial charge is 0.291 e. The zero-order valence-corrected chi connectivity index (χ0v) is 19.9. The normalized spacial score (nSPS) is 20.6. The van der Waals surface area contributed by atoms with Gasteiger partial charge in [0.05, 0.1) is 17.4 Å². The second-order valence-electron chi connectivity index (χ2n) is 8.82. The van der Waals surface area contributed by atoms with Crippen molar-refractivity contribution in [3.63, 3.8) is 0 Å². The predicted octanol–water partition coefficient (Wildman–Crippen LogP) is 2.81. The molecule has 0 aromatic carbocycles. The number of sulfonamides is 1. The third-order valence-corrected chi connectivity index (χ3v) is 8.73. The lowest BCUT2D eigenvalue weighted by atomic mass is 10.1. The molecule has 0 bridgehead atoms. The van der Waals surface area contributed by atoms with Crippen molar-refractivity contribution in [3.8, 4) is 10.8 Å². The number of piperazine rings is 1. The maximum absolute atomic E-state index is 13.2. The molecule has 1 aliphatic carbocycles. The van der Waals surface area contributed by atoms with Crippen LogP contribution in [0.3, 0.4) is 0 Å². The molecule has 33 heavy (non-hydrogen) atoms. The molecule has 2 fully saturated rings. The van der Waals surface area contributed by atoms with Gasteiger partial charge in [-0.1, -0.05) is 18.3 Å². The van der Waals surface area contributed by atoms with Gasteiger partial charge in [-0.3, -0.25) is 4.40 Å². The molecule has 2 aliphatic rings. The summed E-state index contributed by atoms with van der Waals surface area (Å²) in [6.07, 6.45) is 2.89. The van der Waals surface area contributed by atoms with Crippen molar-refractivity contribution >= 4 is 32.6 Å².